The first-order valence-electron chi connectivity index (χ1n) is 7.68. The summed E-state index contributed by atoms with van der Waals surface area (Å²) in [6, 6.07) is 11.8. The molecule has 1 N–H and O–H groups in total. The normalized spacial score (nSPS) is 10.1. The van der Waals surface area contributed by atoms with Crippen molar-refractivity contribution >= 4 is 23.4 Å². The highest BCUT2D eigenvalue weighted by molar-refractivity contribution is 6.30. The van der Waals surface area contributed by atoms with Crippen LogP contribution in [-0.4, -0.2) is 23.5 Å². The van der Waals surface area contributed by atoms with Crippen LogP contribution < -0.4 is 0 Å². The van der Waals surface area contributed by atoms with Crippen molar-refractivity contribution in [3.05, 3.63) is 52.5 Å². The van der Waals surface area contributed by atoms with Gasteiger partial charge in [-0.2, -0.15) is 5.26 Å². The number of esters is 1. The third kappa shape index (κ3) is 4.59. The Morgan fingerprint density at radius 1 is 1.20 bits per heavy atom. The first kappa shape index (κ1) is 18.5. The molecular weight excluding hydrogens is 342 g/mol. The predicted octanol–water partition coefficient (Wildman–Crippen LogP) is 4.11. The van der Waals surface area contributed by atoms with Gasteiger partial charge in [0, 0.05) is 11.4 Å². The number of nitriles is 1. The van der Waals surface area contributed by atoms with Gasteiger partial charge >= 0.3 is 5.97 Å². The topological polar surface area (TPSA) is 87.4 Å². The molecule has 0 saturated heterocycles. The molecule has 0 saturated carbocycles. The summed E-state index contributed by atoms with van der Waals surface area (Å²) in [6.45, 7) is 1.92. The summed E-state index contributed by atoms with van der Waals surface area (Å²) >= 11 is 5.98. The molecule has 0 aromatic heterocycles. The summed E-state index contributed by atoms with van der Waals surface area (Å²) in [5.41, 5.74) is 1.27. The van der Waals surface area contributed by atoms with Crippen molar-refractivity contribution in [2.75, 3.05) is 6.61 Å². The van der Waals surface area contributed by atoms with E-state index in [4.69, 9.17) is 16.3 Å². The Labute approximate surface area is 150 Å². The number of phenols is 1. The second-order valence-corrected chi connectivity index (χ2v) is 5.71. The molecule has 2 rings (SSSR count). The lowest BCUT2D eigenvalue weighted by molar-refractivity contribution is -0.143. The van der Waals surface area contributed by atoms with E-state index < -0.39 is 11.8 Å². The summed E-state index contributed by atoms with van der Waals surface area (Å²) in [5.74, 6) is -1.31. The molecule has 0 aliphatic carbocycles. The summed E-state index contributed by atoms with van der Waals surface area (Å²) < 4.78 is 4.79. The molecule has 2 aromatic carbocycles. The number of benzene rings is 2. The highest BCUT2D eigenvalue weighted by atomic mass is 35.5. The van der Waals surface area contributed by atoms with Gasteiger partial charge in [0.1, 0.15) is 11.8 Å². The fourth-order valence-electron chi connectivity index (χ4n) is 2.35. The Hall–Kier alpha value is -2.84. The maximum atomic E-state index is 12.4. The Balaban J connectivity index is 2.37. The number of hydrogen-bond donors (Lipinski definition) is 1. The van der Waals surface area contributed by atoms with Gasteiger partial charge in [-0.15, -0.1) is 0 Å². The highest BCUT2D eigenvalue weighted by Crippen LogP contribution is 2.31. The first-order valence-corrected chi connectivity index (χ1v) is 8.06. The third-order valence-corrected chi connectivity index (χ3v) is 3.79. The van der Waals surface area contributed by atoms with Crippen LogP contribution in [0.15, 0.2) is 36.4 Å². The Morgan fingerprint density at radius 3 is 2.60 bits per heavy atom. The van der Waals surface area contributed by atoms with Crippen LogP contribution in [0.25, 0.3) is 11.1 Å². The number of hydrogen-bond acceptors (Lipinski definition) is 5. The molecule has 0 amide bonds. The molecule has 0 radical (unpaired) electrons. The second kappa shape index (κ2) is 8.32. The number of rotatable bonds is 6. The standard InChI is InChI=1S/C19H16ClNO4/c1-2-25-18(23)7-6-17(22)16-10-13(8-14(11-21)19(16)24)12-4-3-5-15(20)9-12/h3-5,8-10,24H,2,6-7H2,1H3. The number of nitrogens with zero attached hydrogens (tertiary/aromatic N) is 1. The van der Waals surface area contributed by atoms with Crippen LogP contribution in [0, 0.1) is 11.3 Å². The third-order valence-electron chi connectivity index (χ3n) is 3.55. The van der Waals surface area contributed by atoms with Crippen molar-refractivity contribution in [3.63, 3.8) is 0 Å². The molecule has 0 unspecified atom stereocenters. The number of carbonyl (C=O) groups is 2. The largest absolute Gasteiger partial charge is 0.506 e. The maximum Gasteiger partial charge on any atom is 0.306 e. The molecule has 0 heterocycles. The average Bonchev–Trinajstić information content (AvgIpc) is 2.60. The van der Waals surface area contributed by atoms with Crippen LogP contribution in [0.1, 0.15) is 35.7 Å². The zero-order chi connectivity index (χ0) is 18.4. The van der Waals surface area contributed by atoms with Crippen molar-refractivity contribution in [1.29, 1.82) is 5.26 Å². The van der Waals surface area contributed by atoms with E-state index in [9.17, 15) is 20.0 Å². The molecule has 0 aliphatic heterocycles. The number of ether oxygens (including phenoxy) is 1. The van der Waals surface area contributed by atoms with Crippen LogP contribution in [0.3, 0.4) is 0 Å². The number of aromatic hydroxyl groups is 1. The van der Waals surface area contributed by atoms with E-state index in [1.807, 2.05) is 6.07 Å². The summed E-state index contributed by atoms with van der Waals surface area (Å²) in [6.07, 6.45) is -0.203. The van der Waals surface area contributed by atoms with Gasteiger partial charge in [0.25, 0.3) is 0 Å². The molecule has 0 fully saturated rings. The molecule has 5 nitrogen and oxygen atoms in total. The molecular formula is C19H16ClNO4. The van der Waals surface area contributed by atoms with Crippen molar-refractivity contribution in [3.8, 4) is 22.9 Å². The molecule has 0 bridgehead atoms. The second-order valence-electron chi connectivity index (χ2n) is 5.27. The van der Waals surface area contributed by atoms with Crippen molar-refractivity contribution in [2.45, 2.75) is 19.8 Å². The van der Waals surface area contributed by atoms with Crippen LogP contribution in [-0.2, 0) is 9.53 Å². The lowest BCUT2D eigenvalue weighted by Crippen LogP contribution is -2.08. The summed E-state index contributed by atoms with van der Waals surface area (Å²) in [7, 11) is 0. The molecule has 25 heavy (non-hydrogen) atoms. The highest BCUT2D eigenvalue weighted by Gasteiger charge is 2.18. The van der Waals surface area contributed by atoms with Gasteiger partial charge in [-0.05, 0) is 42.3 Å². The Bertz CT molecular complexity index is 855. The van der Waals surface area contributed by atoms with Crippen molar-refractivity contribution in [1.82, 2.24) is 0 Å². The average molecular weight is 358 g/mol. The van der Waals surface area contributed by atoms with E-state index in [0.717, 1.165) is 0 Å². The number of Topliss-reactive ketones (excluding diaryl/α,β-unsaturated/α-hetero) is 1. The number of carbonyl (C=O) groups excluding carboxylic acids is 2. The zero-order valence-electron chi connectivity index (χ0n) is 13.6. The molecule has 6 heteroatoms. The molecule has 0 spiro atoms. The van der Waals surface area contributed by atoms with Crippen molar-refractivity contribution in [2.24, 2.45) is 0 Å². The smallest absolute Gasteiger partial charge is 0.306 e. The lowest BCUT2D eigenvalue weighted by Gasteiger charge is -2.10. The maximum absolute atomic E-state index is 12.4. The van der Waals surface area contributed by atoms with Gasteiger partial charge in [0.15, 0.2) is 5.78 Å². The van der Waals surface area contributed by atoms with Crippen LogP contribution in [0.4, 0.5) is 0 Å². The minimum atomic E-state index is -0.484. The van der Waals surface area contributed by atoms with Crippen LogP contribution in [0.2, 0.25) is 5.02 Å². The Kier molecular flexibility index (Phi) is 6.15. The summed E-state index contributed by atoms with van der Waals surface area (Å²) in [4.78, 5) is 23.8. The fourth-order valence-corrected chi connectivity index (χ4v) is 2.54. The first-order chi connectivity index (χ1) is 12.0. The van der Waals surface area contributed by atoms with Crippen molar-refractivity contribution < 1.29 is 19.4 Å². The fraction of sp³-hybridized carbons (Fsp3) is 0.211. The lowest BCUT2D eigenvalue weighted by atomic mass is 9.95. The van der Waals surface area contributed by atoms with Gasteiger partial charge in [-0.25, -0.2) is 0 Å². The molecule has 128 valence electrons. The number of ketones is 1. The molecule has 2 aromatic rings. The van der Waals surface area contributed by atoms with E-state index >= 15 is 0 Å². The van der Waals surface area contributed by atoms with E-state index in [0.29, 0.717) is 16.1 Å². The van der Waals surface area contributed by atoms with Gasteiger partial charge in [-0.3, -0.25) is 9.59 Å². The van der Waals surface area contributed by atoms with E-state index in [-0.39, 0.29) is 36.3 Å². The van der Waals surface area contributed by atoms with Crippen LogP contribution in [0.5, 0.6) is 5.75 Å². The van der Waals surface area contributed by atoms with Gasteiger partial charge < -0.3 is 9.84 Å². The van der Waals surface area contributed by atoms with Gasteiger partial charge in [-0.1, -0.05) is 23.7 Å². The van der Waals surface area contributed by atoms with E-state index in [2.05, 4.69) is 0 Å². The SMILES string of the molecule is CCOC(=O)CCC(=O)c1cc(-c2cccc(Cl)c2)cc(C#N)c1O. The number of phenolic OH excluding ortho intramolecular Hbond substituents is 1. The Morgan fingerprint density at radius 2 is 1.96 bits per heavy atom. The molecule has 0 atom stereocenters. The van der Waals surface area contributed by atoms with Crippen LogP contribution >= 0.6 is 11.6 Å². The van der Waals surface area contributed by atoms with E-state index in [1.54, 1.807) is 31.2 Å². The van der Waals surface area contributed by atoms with E-state index in [1.165, 1.54) is 12.1 Å². The molecule has 0 aliphatic rings. The minimum Gasteiger partial charge on any atom is -0.506 e. The quantitative estimate of drug-likeness (QED) is 0.621. The monoisotopic (exact) mass is 357 g/mol. The van der Waals surface area contributed by atoms with Gasteiger partial charge in [0.2, 0.25) is 0 Å². The van der Waals surface area contributed by atoms with Gasteiger partial charge in [0.05, 0.1) is 24.2 Å². The summed E-state index contributed by atoms with van der Waals surface area (Å²) in [5, 5.41) is 19.9. The predicted molar refractivity (Wildman–Crippen MR) is 93.5 cm³/mol. The minimum absolute atomic E-state index is 0.00155. The zero-order valence-corrected chi connectivity index (χ0v) is 14.3. The number of halogens is 1.